The summed E-state index contributed by atoms with van der Waals surface area (Å²) in [6, 6.07) is 9.88. The van der Waals surface area contributed by atoms with Gasteiger partial charge in [-0.3, -0.25) is 4.79 Å². The first-order valence-corrected chi connectivity index (χ1v) is 9.61. The minimum Gasteiger partial charge on any atom is -0.481 e. The van der Waals surface area contributed by atoms with E-state index in [-0.39, 0.29) is 0 Å². The molecule has 2 aromatic rings. The van der Waals surface area contributed by atoms with Gasteiger partial charge in [-0.05, 0) is 20.4 Å². The van der Waals surface area contributed by atoms with E-state index in [0.717, 1.165) is 55.2 Å². The van der Waals surface area contributed by atoms with Crippen molar-refractivity contribution >= 4 is 11.8 Å². The molecule has 27 heavy (non-hydrogen) atoms. The molecule has 0 amide bonds. The van der Waals surface area contributed by atoms with Gasteiger partial charge in [0.2, 0.25) is 0 Å². The number of carboxylic acid groups (broad SMARTS) is 1. The van der Waals surface area contributed by atoms with Crippen LogP contribution in [-0.4, -0.2) is 59.2 Å². The molecule has 6 heteroatoms. The first-order chi connectivity index (χ1) is 13.0. The summed E-state index contributed by atoms with van der Waals surface area (Å²) < 4.78 is 0. The van der Waals surface area contributed by atoms with Crippen molar-refractivity contribution in [3.63, 3.8) is 0 Å². The van der Waals surface area contributed by atoms with Crippen molar-refractivity contribution in [2.45, 2.75) is 32.6 Å². The van der Waals surface area contributed by atoms with Crippen molar-refractivity contribution in [3.05, 3.63) is 41.6 Å². The largest absolute Gasteiger partial charge is 0.481 e. The minimum atomic E-state index is -0.800. The van der Waals surface area contributed by atoms with E-state index >= 15 is 0 Å². The van der Waals surface area contributed by atoms with Gasteiger partial charge in [0.25, 0.3) is 0 Å². The van der Waals surface area contributed by atoms with Crippen molar-refractivity contribution in [2.24, 2.45) is 0 Å². The van der Waals surface area contributed by atoms with Crippen molar-refractivity contribution < 1.29 is 9.90 Å². The molecule has 1 N–H and O–H groups in total. The molecule has 6 nitrogen and oxygen atoms in total. The Kier molecular flexibility index (Phi) is 6.06. The van der Waals surface area contributed by atoms with Gasteiger partial charge in [-0.25, -0.2) is 9.97 Å². The molecule has 0 saturated carbocycles. The molecule has 1 atom stereocenters. The number of aryl methyl sites for hydroxylation is 1. The highest BCUT2D eigenvalue weighted by atomic mass is 16.4. The van der Waals surface area contributed by atoms with Crippen molar-refractivity contribution in [1.82, 2.24) is 14.9 Å². The Morgan fingerprint density at radius 1 is 1.15 bits per heavy atom. The quantitative estimate of drug-likeness (QED) is 0.845. The van der Waals surface area contributed by atoms with Crippen LogP contribution in [-0.2, 0) is 4.79 Å². The van der Waals surface area contributed by atoms with Gasteiger partial charge in [-0.15, -0.1) is 0 Å². The third-order valence-electron chi connectivity index (χ3n) is 5.17. The lowest BCUT2D eigenvalue weighted by atomic mass is 9.93. The predicted molar refractivity (Wildman–Crippen MR) is 107 cm³/mol. The number of aromatic nitrogens is 2. The lowest BCUT2D eigenvalue weighted by Crippen LogP contribution is -2.45. The van der Waals surface area contributed by atoms with Crippen LogP contribution in [0.15, 0.2) is 30.3 Å². The Morgan fingerprint density at radius 3 is 2.41 bits per heavy atom. The zero-order chi connectivity index (χ0) is 19.4. The van der Waals surface area contributed by atoms with Crippen LogP contribution in [0.3, 0.4) is 0 Å². The number of carbonyl (C=O) groups is 1. The number of benzene rings is 1. The minimum absolute atomic E-state index is 0.575. The van der Waals surface area contributed by atoms with E-state index < -0.39 is 11.9 Å². The molecular formula is C21H28N4O2. The molecule has 0 radical (unpaired) electrons. The first kappa shape index (κ1) is 19.3. The normalized spacial score (nSPS) is 16.3. The summed E-state index contributed by atoms with van der Waals surface area (Å²) in [6.07, 6.45) is 1.39. The van der Waals surface area contributed by atoms with Gasteiger partial charge in [0.15, 0.2) is 5.82 Å². The van der Waals surface area contributed by atoms with Crippen LogP contribution >= 0.6 is 0 Å². The average Bonchev–Trinajstić information content (AvgIpc) is 2.67. The lowest BCUT2D eigenvalue weighted by molar-refractivity contribution is -0.139. The molecular weight excluding hydrogens is 340 g/mol. The molecule has 1 aliphatic rings. The Labute approximate surface area is 160 Å². The molecule has 3 rings (SSSR count). The number of anilines is 1. The van der Waals surface area contributed by atoms with Gasteiger partial charge in [-0.1, -0.05) is 43.7 Å². The van der Waals surface area contributed by atoms with E-state index in [1.165, 1.54) is 0 Å². The van der Waals surface area contributed by atoms with Gasteiger partial charge in [-0.2, -0.15) is 0 Å². The second-order valence-electron chi connectivity index (χ2n) is 7.21. The van der Waals surface area contributed by atoms with Crippen LogP contribution in [0.5, 0.6) is 0 Å². The van der Waals surface area contributed by atoms with Gasteiger partial charge in [0, 0.05) is 43.0 Å². The maximum Gasteiger partial charge on any atom is 0.311 e. The van der Waals surface area contributed by atoms with E-state index in [1.807, 2.05) is 44.2 Å². The highest BCUT2D eigenvalue weighted by molar-refractivity contribution is 5.79. The molecule has 1 aromatic heterocycles. The second kappa shape index (κ2) is 8.48. The molecule has 0 aliphatic carbocycles. The standard InChI is InChI=1S/C21H28N4O2/c1-4-8-17(21(26)27)18-15(2)22-19(16-9-6-5-7-10-16)23-20(18)25-13-11-24(3)12-14-25/h5-7,9-10,17H,4,8,11-14H2,1-3H3,(H,26,27). The van der Waals surface area contributed by atoms with Crippen molar-refractivity contribution in [2.75, 3.05) is 38.1 Å². The van der Waals surface area contributed by atoms with Gasteiger partial charge in [0.05, 0.1) is 5.92 Å². The molecule has 1 saturated heterocycles. The summed E-state index contributed by atoms with van der Waals surface area (Å²) in [5, 5.41) is 9.85. The topological polar surface area (TPSA) is 69.6 Å². The maximum absolute atomic E-state index is 12.0. The van der Waals surface area contributed by atoms with Gasteiger partial charge < -0.3 is 14.9 Å². The van der Waals surface area contributed by atoms with Crippen molar-refractivity contribution in [3.8, 4) is 11.4 Å². The number of nitrogens with zero attached hydrogens (tertiary/aromatic N) is 4. The summed E-state index contributed by atoms with van der Waals surface area (Å²) >= 11 is 0. The summed E-state index contributed by atoms with van der Waals surface area (Å²) in [5.41, 5.74) is 2.48. The first-order valence-electron chi connectivity index (χ1n) is 9.61. The number of hydrogen-bond donors (Lipinski definition) is 1. The van der Waals surface area contributed by atoms with Crippen LogP contribution < -0.4 is 4.90 Å². The monoisotopic (exact) mass is 368 g/mol. The van der Waals surface area contributed by atoms with Crippen LogP contribution in [0.4, 0.5) is 5.82 Å². The third-order valence-corrected chi connectivity index (χ3v) is 5.17. The predicted octanol–water partition coefficient (Wildman–Crippen LogP) is 3.17. The summed E-state index contributed by atoms with van der Waals surface area (Å²) in [6.45, 7) is 7.48. The van der Waals surface area contributed by atoms with E-state index in [1.54, 1.807) is 0 Å². The van der Waals surface area contributed by atoms with Crippen LogP contribution in [0, 0.1) is 6.92 Å². The summed E-state index contributed by atoms with van der Waals surface area (Å²) in [7, 11) is 2.11. The zero-order valence-electron chi connectivity index (χ0n) is 16.4. The number of likely N-dealkylation sites (N-methyl/N-ethyl adjacent to an activating group) is 1. The fourth-order valence-corrected chi connectivity index (χ4v) is 3.63. The Hall–Kier alpha value is -2.47. The Morgan fingerprint density at radius 2 is 1.81 bits per heavy atom. The number of hydrogen-bond acceptors (Lipinski definition) is 5. The highest BCUT2D eigenvalue weighted by Crippen LogP contribution is 2.34. The van der Waals surface area contributed by atoms with Gasteiger partial charge >= 0.3 is 5.97 Å². The van der Waals surface area contributed by atoms with Gasteiger partial charge in [0.1, 0.15) is 5.82 Å². The molecule has 144 valence electrons. The lowest BCUT2D eigenvalue weighted by Gasteiger charge is -2.35. The van der Waals surface area contributed by atoms with Crippen LogP contribution in [0.1, 0.15) is 36.9 Å². The molecule has 1 aromatic carbocycles. The number of rotatable bonds is 6. The highest BCUT2D eigenvalue weighted by Gasteiger charge is 2.30. The Balaban J connectivity index is 2.12. The number of aliphatic carboxylic acids is 1. The smallest absolute Gasteiger partial charge is 0.311 e. The van der Waals surface area contributed by atoms with Crippen molar-refractivity contribution in [1.29, 1.82) is 0 Å². The Bertz CT molecular complexity index is 786. The van der Waals surface area contributed by atoms with E-state index in [0.29, 0.717) is 12.2 Å². The zero-order valence-corrected chi connectivity index (χ0v) is 16.4. The van der Waals surface area contributed by atoms with E-state index in [4.69, 9.17) is 4.98 Å². The summed E-state index contributed by atoms with van der Waals surface area (Å²) in [5.74, 6) is 0.0718. The molecule has 0 bridgehead atoms. The average molecular weight is 368 g/mol. The molecule has 1 aliphatic heterocycles. The molecule has 1 fully saturated rings. The third kappa shape index (κ3) is 4.27. The molecule has 2 heterocycles. The molecule has 1 unspecified atom stereocenters. The fraction of sp³-hybridized carbons (Fsp3) is 0.476. The SMILES string of the molecule is CCCC(C(=O)O)c1c(C)nc(-c2ccccc2)nc1N1CCN(C)CC1. The van der Waals surface area contributed by atoms with E-state index in [9.17, 15) is 9.90 Å². The second-order valence-corrected chi connectivity index (χ2v) is 7.21. The van der Waals surface area contributed by atoms with E-state index in [2.05, 4.69) is 21.8 Å². The number of carboxylic acids is 1. The summed E-state index contributed by atoms with van der Waals surface area (Å²) in [4.78, 5) is 26.1. The maximum atomic E-state index is 12.0. The van der Waals surface area contributed by atoms with Crippen LogP contribution in [0.25, 0.3) is 11.4 Å². The van der Waals surface area contributed by atoms with Crippen LogP contribution in [0.2, 0.25) is 0 Å². The molecule has 0 spiro atoms. The fourth-order valence-electron chi connectivity index (χ4n) is 3.63. The number of piperazine rings is 1.